The van der Waals surface area contributed by atoms with Gasteiger partial charge in [-0.3, -0.25) is 4.79 Å². The summed E-state index contributed by atoms with van der Waals surface area (Å²) in [4.78, 5) is 19.5. The molecule has 7 rings (SSSR count). The summed E-state index contributed by atoms with van der Waals surface area (Å²) < 4.78 is 1.07. The lowest BCUT2D eigenvalue weighted by atomic mass is 9.50. The van der Waals surface area contributed by atoms with Crippen molar-refractivity contribution in [3.05, 3.63) is 35.1 Å². The average Bonchev–Trinajstić information content (AvgIpc) is 3.28. The van der Waals surface area contributed by atoms with Crippen molar-refractivity contribution in [3.63, 3.8) is 0 Å². The summed E-state index contributed by atoms with van der Waals surface area (Å²) >= 11 is 1.63. The van der Waals surface area contributed by atoms with Gasteiger partial charge in [0.1, 0.15) is 0 Å². The van der Waals surface area contributed by atoms with E-state index in [1.807, 2.05) is 29.9 Å². The summed E-state index contributed by atoms with van der Waals surface area (Å²) in [5.74, 6) is 1.27. The molecule has 1 aromatic carbocycles. The van der Waals surface area contributed by atoms with Crippen LogP contribution in [0.5, 0.6) is 0 Å². The Labute approximate surface area is 166 Å². The van der Waals surface area contributed by atoms with Gasteiger partial charge in [-0.15, -0.1) is 21.5 Å². The highest BCUT2D eigenvalue weighted by atomic mass is 32.1. The standard InChI is InChI=1S/C20H22N6OS/c1-12-23-16-3-2-15(5-17(16)28-12)18(27)24-19-6-13-4-14(7-19)9-20(8-13,10-19)26-22-11-21-25-26/h2-3,5,11,13-14H,4,6-10H2,1H3,(H,24,27). The quantitative estimate of drug-likeness (QED) is 0.738. The van der Waals surface area contributed by atoms with Crippen LogP contribution in [0.2, 0.25) is 0 Å². The van der Waals surface area contributed by atoms with Crippen molar-refractivity contribution in [3.8, 4) is 0 Å². The fourth-order valence-electron chi connectivity index (χ4n) is 6.47. The number of rotatable bonds is 3. The van der Waals surface area contributed by atoms with E-state index in [0.29, 0.717) is 11.8 Å². The van der Waals surface area contributed by atoms with Crippen molar-refractivity contribution in [1.82, 2.24) is 30.5 Å². The lowest BCUT2D eigenvalue weighted by Crippen LogP contribution is -2.66. The molecular formula is C20H22N6OS. The van der Waals surface area contributed by atoms with Gasteiger partial charge in [-0.05, 0) is 80.7 Å². The number of nitrogens with zero attached hydrogens (tertiary/aromatic N) is 5. The van der Waals surface area contributed by atoms with Gasteiger partial charge < -0.3 is 5.32 Å². The van der Waals surface area contributed by atoms with Crippen LogP contribution in [0.4, 0.5) is 0 Å². The summed E-state index contributed by atoms with van der Waals surface area (Å²) in [5, 5.41) is 17.1. The number of aromatic nitrogens is 5. The molecule has 1 N–H and O–H groups in total. The normalized spacial score (nSPS) is 33.5. The minimum Gasteiger partial charge on any atom is -0.346 e. The molecule has 2 unspecified atom stereocenters. The van der Waals surface area contributed by atoms with E-state index in [2.05, 4.69) is 25.7 Å². The monoisotopic (exact) mass is 394 g/mol. The van der Waals surface area contributed by atoms with Gasteiger partial charge in [0, 0.05) is 11.1 Å². The number of hydrogen-bond acceptors (Lipinski definition) is 6. The molecule has 2 heterocycles. The molecule has 4 saturated carbocycles. The molecular weight excluding hydrogens is 372 g/mol. The minimum atomic E-state index is -0.159. The second-order valence-electron chi connectivity index (χ2n) is 9.06. The molecule has 7 nitrogen and oxygen atoms in total. The van der Waals surface area contributed by atoms with Gasteiger partial charge in [-0.25, -0.2) is 4.98 Å². The van der Waals surface area contributed by atoms with E-state index in [1.165, 1.54) is 12.7 Å². The highest BCUT2D eigenvalue weighted by molar-refractivity contribution is 7.18. The van der Waals surface area contributed by atoms with Crippen molar-refractivity contribution in [2.75, 3.05) is 0 Å². The summed E-state index contributed by atoms with van der Waals surface area (Å²) in [6.07, 6.45) is 8.02. The summed E-state index contributed by atoms with van der Waals surface area (Å²) in [6.45, 7) is 2.00. The van der Waals surface area contributed by atoms with Crippen molar-refractivity contribution in [2.24, 2.45) is 11.8 Å². The van der Waals surface area contributed by atoms with Crippen molar-refractivity contribution >= 4 is 27.5 Å². The number of nitrogens with one attached hydrogen (secondary N) is 1. The Morgan fingerprint density at radius 3 is 2.82 bits per heavy atom. The predicted octanol–water partition coefficient (Wildman–Crippen LogP) is 3.07. The number of thiazole rings is 1. The number of tetrazole rings is 1. The van der Waals surface area contributed by atoms with Gasteiger partial charge in [0.25, 0.3) is 5.91 Å². The second-order valence-corrected chi connectivity index (χ2v) is 10.3. The lowest BCUT2D eigenvalue weighted by molar-refractivity contribution is -0.0810. The first-order chi connectivity index (χ1) is 13.5. The van der Waals surface area contributed by atoms with E-state index in [0.717, 1.165) is 52.9 Å². The number of fused-ring (bicyclic) bond motifs is 1. The highest BCUT2D eigenvalue weighted by Crippen LogP contribution is 2.60. The van der Waals surface area contributed by atoms with Crippen LogP contribution in [0.15, 0.2) is 24.5 Å². The molecule has 0 spiro atoms. The molecule has 0 saturated heterocycles. The first kappa shape index (κ1) is 16.6. The Morgan fingerprint density at radius 2 is 2.07 bits per heavy atom. The van der Waals surface area contributed by atoms with Crippen LogP contribution in [-0.2, 0) is 5.54 Å². The fraction of sp³-hybridized carbons (Fsp3) is 0.550. The van der Waals surface area contributed by atoms with Gasteiger partial charge in [0.05, 0.1) is 20.8 Å². The molecule has 4 fully saturated rings. The molecule has 28 heavy (non-hydrogen) atoms. The molecule has 2 aromatic heterocycles. The van der Waals surface area contributed by atoms with Crippen LogP contribution in [0.25, 0.3) is 10.2 Å². The molecule has 8 heteroatoms. The zero-order chi connectivity index (χ0) is 18.9. The third-order valence-electron chi connectivity index (χ3n) is 6.94. The molecule has 3 aromatic rings. The summed E-state index contributed by atoms with van der Waals surface area (Å²) in [7, 11) is 0. The Kier molecular flexibility index (Phi) is 3.31. The third-order valence-corrected chi connectivity index (χ3v) is 7.87. The Bertz CT molecular complexity index is 1060. The minimum absolute atomic E-state index is 0.0246. The number of amides is 1. The first-order valence-electron chi connectivity index (χ1n) is 9.96. The third kappa shape index (κ3) is 2.43. The molecule has 2 atom stereocenters. The van der Waals surface area contributed by atoms with E-state index in [1.54, 1.807) is 11.3 Å². The number of carbonyl (C=O) groups excluding carboxylic acids is 1. The maximum absolute atomic E-state index is 13.2. The van der Waals surface area contributed by atoms with Crippen LogP contribution in [0.3, 0.4) is 0 Å². The predicted molar refractivity (Wildman–Crippen MR) is 105 cm³/mol. The van der Waals surface area contributed by atoms with Crippen LogP contribution < -0.4 is 5.32 Å². The van der Waals surface area contributed by atoms with Crippen LogP contribution in [0.1, 0.15) is 53.9 Å². The number of benzene rings is 1. The van der Waals surface area contributed by atoms with E-state index < -0.39 is 0 Å². The molecule has 144 valence electrons. The number of hydrogen-bond donors (Lipinski definition) is 1. The maximum atomic E-state index is 13.2. The molecule has 1 amide bonds. The van der Waals surface area contributed by atoms with Gasteiger partial charge in [0.2, 0.25) is 0 Å². The zero-order valence-electron chi connectivity index (χ0n) is 15.8. The van der Waals surface area contributed by atoms with Gasteiger partial charge in [-0.2, -0.15) is 4.80 Å². The summed E-state index contributed by atoms with van der Waals surface area (Å²) in [6, 6.07) is 5.82. The summed E-state index contributed by atoms with van der Waals surface area (Å²) in [5.41, 5.74) is 1.44. The topological polar surface area (TPSA) is 85.6 Å². The van der Waals surface area contributed by atoms with Crippen LogP contribution in [0, 0.1) is 18.8 Å². The first-order valence-corrected chi connectivity index (χ1v) is 10.8. The van der Waals surface area contributed by atoms with Crippen molar-refractivity contribution in [1.29, 1.82) is 0 Å². The van der Waals surface area contributed by atoms with E-state index in [4.69, 9.17) is 0 Å². The maximum Gasteiger partial charge on any atom is 0.251 e. The van der Waals surface area contributed by atoms with Crippen LogP contribution >= 0.6 is 11.3 Å². The van der Waals surface area contributed by atoms with Crippen molar-refractivity contribution in [2.45, 2.75) is 56.5 Å². The van der Waals surface area contributed by atoms with E-state index >= 15 is 0 Å². The van der Waals surface area contributed by atoms with Gasteiger partial charge in [0.15, 0.2) is 6.33 Å². The highest BCUT2D eigenvalue weighted by Gasteiger charge is 2.60. The smallest absolute Gasteiger partial charge is 0.251 e. The van der Waals surface area contributed by atoms with E-state index in [-0.39, 0.29) is 17.0 Å². The second kappa shape index (κ2) is 5.59. The molecule has 4 bridgehead atoms. The molecule has 4 aliphatic rings. The average molecular weight is 395 g/mol. The van der Waals surface area contributed by atoms with Gasteiger partial charge >= 0.3 is 0 Å². The molecule has 0 aliphatic heterocycles. The molecule has 4 aliphatic carbocycles. The zero-order valence-corrected chi connectivity index (χ0v) is 16.6. The fourth-order valence-corrected chi connectivity index (χ4v) is 7.34. The number of carbonyl (C=O) groups is 1. The lowest BCUT2D eigenvalue weighted by Gasteiger charge is -2.61. The van der Waals surface area contributed by atoms with Crippen molar-refractivity contribution < 1.29 is 4.79 Å². The van der Waals surface area contributed by atoms with Gasteiger partial charge in [-0.1, -0.05) is 0 Å². The van der Waals surface area contributed by atoms with Crippen LogP contribution in [-0.4, -0.2) is 36.6 Å². The largest absolute Gasteiger partial charge is 0.346 e. The van der Waals surface area contributed by atoms with E-state index in [9.17, 15) is 4.79 Å². The Balaban J connectivity index is 1.32. The Morgan fingerprint density at radius 1 is 1.25 bits per heavy atom. The SMILES string of the molecule is Cc1nc2ccc(C(=O)NC34CC5CC(C3)CC(n3ncnn3)(C5)C4)cc2s1. The molecule has 0 radical (unpaired) electrons. The Hall–Kier alpha value is -2.35. The number of aryl methyl sites for hydroxylation is 1.